The Morgan fingerprint density at radius 1 is 1.47 bits per heavy atom. The standard InChI is InChI=1S/C13H24N2O2/c1-2-11(7-14)13(16)15(12-3-4-12)8-10-5-6-17-9-10/h10-12H,2-9,14H2,1H3. The van der Waals surface area contributed by atoms with E-state index in [4.69, 9.17) is 10.5 Å². The number of nitrogens with two attached hydrogens (primary N) is 1. The van der Waals surface area contributed by atoms with Crippen molar-refractivity contribution in [2.45, 2.75) is 38.6 Å². The number of nitrogens with zero attached hydrogens (tertiary/aromatic N) is 1. The van der Waals surface area contributed by atoms with Crippen LogP contribution in [-0.2, 0) is 9.53 Å². The van der Waals surface area contributed by atoms with Crippen molar-refractivity contribution in [2.75, 3.05) is 26.3 Å². The number of hydrogen-bond acceptors (Lipinski definition) is 3. The number of hydrogen-bond donors (Lipinski definition) is 1. The fourth-order valence-electron chi connectivity index (χ4n) is 2.49. The van der Waals surface area contributed by atoms with E-state index in [9.17, 15) is 4.79 Å². The summed E-state index contributed by atoms with van der Waals surface area (Å²) in [6.07, 6.45) is 4.27. The summed E-state index contributed by atoms with van der Waals surface area (Å²) in [5.74, 6) is 0.817. The highest BCUT2D eigenvalue weighted by molar-refractivity contribution is 5.79. The van der Waals surface area contributed by atoms with Gasteiger partial charge in [0.1, 0.15) is 0 Å². The first-order valence-electron chi connectivity index (χ1n) is 6.84. The van der Waals surface area contributed by atoms with Gasteiger partial charge in [-0.25, -0.2) is 0 Å². The zero-order valence-corrected chi connectivity index (χ0v) is 10.7. The van der Waals surface area contributed by atoms with Crippen LogP contribution in [0.2, 0.25) is 0 Å². The molecule has 4 nitrogen and oxygen atoms in total. The predicted molar refractivity (Wildman–Crippen MR) is 66.5 cm³/mol. The highest BCUT2D eigenvalue weighted by Crippen LogP contribution is 2.30. The van der Waals surface area contributed by atoms with Gasteiger partial charge in [0.2, 0.25) is 5.91 Å². The number of amides is 1. The van der Waals surface area contributed by atoms with Gasteiger partial charge >= 0.3 is 0 Å². The molecule has 1 amide bonds. The van der Waals surface area contributed by atoms with Crippen molar-refractivity contribution in [1.82, 2.24) is 4.90 Å². The molecule has 1 saturated heterocycles. The highest BCUT2D eigenvalue weighted by Gasteiger charge is 2.36. The lowest BCUT2D eigenvalue weighted by atomic mass is 10.0. The second kappa shape index (κ2) is 5.83. The number of carbonyl (C=O) groups is 1. The average molecular weight is 240 g/mol. The molecule has 17 heavy (non-hydrogen) atoms. The monoisotopic (exact) mass is 240 g/mol. The maximum atomic E-state index is 12.4. The second-order valence-electron chi connectivity index (χ2n) is 5.29. The normalized spacial score (nSPS) is 25.9. The van der Waals surface area contributed by atoms with Crippen LogP contribution in [0.3, 0.4) is 0 Å². The van der Waals surface area contributed by atoms with Gasteiger partial charge in [0.05, 0.1) is 12.5 Å². The second-order valence-corrected chi connectivity index (χ2v) is 5.29. The molecule has 1 heterocycles. The van der Waals surface area contributed by atoms with Gasteiger partial charge in [-0.05, 0) is 25.7 Å². The smallest absolute Gasteiger partial charge is 0.227 e. The van der Waals surface area contributed by atoms with E-state index in [1.54, 1.807) is 0 Å². The van der Waals surface area contributed by atoms with Crippen molar-refractivity contribution < 1.29 is 9.53 Å². The van der Waals surface area contributed by atoms with Gasteiger partial charge in [-0.3, -0.25) is 4.79 Å². The Morgan fingerprint density at radius 3 is 2.71 bits per heavy atom. The van der Waals surface area contributed by atoms with Gasteiger partial charge in [0, 0.05) is 31.7 Å². The fourth-order valence-corrected chi connectivity index (χ4v) is 2.49. The van der Waals surface area contributed by atoms with Crippen molar-refractivity contribution in [3.05, 3.63) is 0 Å². The number of carbonyl (C=O) groups excluding carboxylic acids is 1. The largest absolute Gasteiger partial charge is 0.381 e. The lowest BCUT2D eigenvalue weighted by Crippen LogP contribution is -2.43. The summed E-state index contributed by atoms with van der Waals surface area (Å²) in [6.45, 7) is 5.06. The topological polar surface area (TPSA) is 55.6 Å². The first kappa shape index (κ1) is 12.8. The molecular formula is C13H24N2O2. The summed E-state index contributed by atoms with van der Waals surface area (Å²) in [4.78, 5) is 14.5. The zero-order valence-electron chi connectivity index (χ0n) is 10.7. The first-order chi connectivity index (χ1) is 8.26. The fraction of sp³-hybridized carbons (Fsp3) is 0.923. The van der Waals surface area contributed by atoms with Gasteiger partial charge in [-0.1, -0.05) is 6.92 Å². The summed E-state index contributed by atoms with van der Waals surface area (Å²) in [6, 6.07) is 0.490. The summed E-state index contributed by atoms with van der Waals surface area (Å²) >= 11 is 0. The van der Waals surface area contributed by atoms with E-state index in [2.05, 4.69) is 4.90 Å². The Morgan fingerprint density at radius 2 is 2.24 bits per heavy atom. The maximum Gasteiger partial charge on any atom is 0.227 e. The molecule has 0 aromatic carbocycles. The third-order valence-corrected chi connectivity index (χ3v) is 3.88. The summed E-state index contributed by atoms with van der Waals surface area (Å²) < 4.78 is 5.39. The van der Waals surface area contributed by atoms with Crippen LogP contribution in [-0.4, -0.2) is 43.2 Å². The Hall–Kier alpha value is -0.610. The van der Waals surface area contributed by atoms with Crippen molar-refractivity contribution in [1.29, 1.82) is 0 Å². The zero-order chi connectivity index (χ0) is 12.3. The van der Waals surface area contributed by atoms with Crippen LogP contribution in [0.5, 0.6) is 0 Å². The third-order valence-electron chi connectivity index (χ3n) is 3.88. The maximum absolute atomic E-state index is 12.4. The Balaban J connectivity index is 1.93. The van der Waals surface area contributed by atoms with E-state index in [0.29, 0.717) is 18.5 Å². The highest BCUT2D eigenvalue weighted by atomic mass is 16.5. The Labute approximate surface area is 103 Å². The van der Waals surface area contributed by atoms with Crippen LogP contribution in [0.4, 0.5) is 0 Å². The molecule has 1 aliphatic heterocycles. The molecule has 2 fully saturated rings. The van der Waals surface area contributed by atoms with Crippen molar-refractivity contribution >= 4 is 5.91 Å². The lowest BCUT2D eigenvalue weighted by molar-refractivity contribution is -0.136. The van der Waals surface area contributed by atoms with E-state index in [1.165, 1.54) is 12.8 Å². The number of ether oxygens (including phenoxy) is 1. The molecule has 98 valence electrons. The molecule has 1 aliphatic carbocycles. The SMILES string of the molecule is CCC(CN)C(=O)N(CC1CCOC1)C1CC1. The molecular weight excluding hydrogens is 216 g/mol. The van der Waals surface area contributed by atoms with E-state index in [1.807, 2.05) is 6.92 Å². The summed E-state index contributed by atoms with van der Waals surface area (Å²) in [5.41, 5.74) is 5.68. The third kappa shape index (κ3) is 3.19. The van der Waals surface area contributed by atoms with Crippen LogP contribution >= 0.6 is 0 Å². The lowest BCUT2D eigenvalue weighted by Gasteiger charge is -2.28. The Bertz CT molecular complexity index is 256. The van der Waals surface area contributed by atoms with Gasteiger partial charge in [0.15, 0.2) is 0 Å². The minimum atomic E-state index is 0.0120. The van der Waals surface area contributed by atoms with Gasteiger partial charge in [0.25, 0.3) is 0 Å². The molecule has 2 rings (SSSR count). The van der Waals surface area contributed by atoms with Crippen LogP contribution in [0, 0.1) is 11.8 Å². The summed E-state index contributed by atoms with van der Waals surface area (Å²) in [7, 11) is 0. The molecule has 0 aromatic rings. The molecule has 0 spiro atoms. The van der Waals surface area contributed by atoms with Crippen LogP contribution in [0.1, 0.15) is 32.6 Å². The van der Waals surface area contributed by atoms with Crippen molar-refractivity contribution in [2.24, 2.45) is 17.6 Å². The van der Waals surface area contributed by atoms with E-state index >= 15 is 0 Å². The quantitative estimate of drug-likeness (QED) is 0.753. The molecule has 2 N–H and O–H groups in total. The van der Waals surface area contributed by atoms with Crippen LogP contribution in [0.15, 0.2) is 0 Å². The number of rotatable bonds is 6. The van der Waals surface area contributed by atoms with Crippen LogP contribution in [0.25, 0.3) is 0 Å². The minimum absolute atomic E-state index is 0.0120. The van der Waals surface area contributed by atoms with Crippen LogP contribution < -0.4 is 5.73 Å². The Kier molecular flexibility index (Phi) is 4.40. The van der Waals surface area contributed by atoms with Gasteiger partial charge in [-0.2, -0.15) is 0 Å². The van der Waals surface area contributed by atoms with E-state index in [-0.39, 0.29) is 11.8 Å². The van der Waals surface area contributed by atoms with Gasteiger partial charge < -0.3 is 15.4 Å². The van der Waals surface area contributed by atoms with Gasteiger partial charge in [-0.15, -0.1) is 0 Å². The van der Waals surface area contributed by atoms with E-state index in [0.717, 1.165) is 32.6 Å². The minimum Gasteiger partial charge on any atom is -0.381 e. The molecule has 0 bridgehead atoms. The molecule has 2 aliphatic rings. The van der Waals surface area contributed by atoms with E-state index < -0.39 is 0 Å². The van der Waals surface area contributed by atoms with Crippen molar-refractivity contribution in [3.63, 3.8) is 0 Å². The molecule has 2 unspecified atom stereocenters. The molecule has 0 aromatic heterocycles. The van der Waals surface area contributed by atoms with Crippen molar-refractivity contribution in [3.8, 4) is 0 Å². The molecule has 4 heteroatoms. The first-order valence-corrected chi connectivity index (χ1v) is 6.84. The predicted octanol–water partition coefficient (Wildman–Crippen LogP) is 0.999. The summed E-state index contributed by atoms with van der Waals surface area (Å²) in [5, 5.41) is 0. The molecule has 2 atom stereocenters. The average Bonchev–Trinajstić information content (AvgIpc) is 3.05. The molecule has 0 radical (unpaired) electrons. The molecule has 1 saturated carbocycles.